The standard InChI is InChI=1S/C13H19NO/c1-13(2,14)8-6-10-4-3-5-11-7-9-15-12(10)11/h3-5H,6-9,14H2,1-2H3. The van der Waals surface area contributed by atoms with Gasteiger partial charge in [-0.2, -0.15) is 0 Å². The van der Waals surface area contributed by atoms with Crippen molar-refractivity contribution in [2.75, 3.05) is 6.61 Å². The van der Waals surface area contributed by atoms with Crippen LogP contribution in [0.2, 0.25) is 0 Å². The van der Waals surface area contributed by atoms with E-state index in [1.54, 1.807) is 0 Å². The average Bonchev–Trinajstić information content (AvgIpc) is 2.61. The van der Waals surface area contributed by atoms with Crippen LogP contribution in [0.15, 0.2) is 18.2 Å². The number of aryl methyl sites for hydroxylation is 1. The van der Waals surface area contributed by atoms with Crippen LogP contribution in [0, 0.1) is 0 Å². The van der Waals surface area contributed by atoms with Crippen molar-refractivity contribution >= 4 is 0 Å². The van der Waals surface area contributed by atoms with E-state index in [1.165, 1.54) is 11.1 Å². The van der Waals surface area contributed by atoms with Gasteiger partial charge >= 0.3 is 0 Å². The van der Waals surface area contributed by atoms with Gasteiger partial charge < -0.3 is 10.5 Å². The monoisotopic (exact) mass is 205 g/mol. The zero-order chi connectivity index (χ0) is 10.9. The number of para-hydroxylation sites is 1. The van der Waals surface area contributed by atoms with Crippen molar-refractivity contribution in [1.82, 2.24) is 0 Å². The number of nitrogens with two attached hydrogens (primary N) is 1. The molecule has 0 fully saturated rings. The summed E-state index contributed by atoms with van der Waals surface area (Å²) in [4.78, 5) is 0. The first-order chi connectivity index (χ1) is 7.06. The molecule has 0 aliphatic carbocycles. The van der Waals surface area contributed by atoms with Crippen LogP contribution in [0.4, 0.5) is 0 Å². The lowest BCUT2D eigenvalue weighted by Gasteiger charge is -2.18. The second kappa shape index (κ2) is 3.86. The van der Waals surface area contributed by atoms with Crippen molar-refractivity contribution in [1.29, 1.82) is 0 Å². The second-order valence-corrected chi connectivity index (χ2v) is 4.99. The summed E-state index contributed by atoms with van der Waals surface area (Å²) in [5, 5.41) is 0. The average molecular weight is 205 g/mol. The van der Waals surface area contributed by atoms with Crippen LogP contribution in [-0.4, -0.2) is 12.1 Å². The Hall–Kier alpha value is -1.02. The van der Waals surface area contributed by atoms with E-state index in [2.05, 4.69) is 32.0 Å². The first-order valence-corrected chi connectivity index (χ1v) is 5.59. The van der Waals surface area contributed by atoms with E-state index in [0.717, 1.165) is 31.6 Å². The van der Waals surface area contributed by atoms with E-state index < -0.39 is 0 Å². The maximum Gasteiger partial charge on any atom is 0.125 e. The molecule has 2 nitrogen and oxygen atoms in total. The Morgan fingerprint density at radius 2 is 2.20 bits per heavy atom. The zero-order valence-electron chi connectivity index (χ0n) is 9.55. The minimum absolute atomic E-state index is 0.0959. The van der Waals surface area contributed by atoms with Gasteiger partial charge in [0.1, 0.15) is 5.75 Å². The molecule has 0 saturated heterocycles. The Labute approximate surface area is 91.4 Å². The molecule has 2 N–H and O–H groups in total. The van der Waals surface area contributed by atoms with Gasteiger partial charge in [0.15, 0.2) is 0 Å². The van der Waals surface area contributed by atoms with Crippen LogP contribution in [0.3, 0.4) is 0 Å². The maximum atomic E-state index is 5.99. The van der Waals surface area contributed by atoms with Crippen molar-refractivity contribution in [3.8, 4) is 5.75 Å². The molecule has 0 unspecified atom stereocenters. The maximum absolute atomic E-state index is 5.99. The quantitative estimate of drug-likeness (QED) is 0.821. The Bertz CT molecular complexity index is 352. The summed E-state index contributed by atoms with van der Waals surface area (Å²) in [7, 11) is 0. The van der Waals surface area contributed by atoms with Gasteiger partial charge in [-0.1, -0.05) is 18.2 Å². The highest BCUT2D eigenvalue weighted by atomic mass is 16.5. The number of benzene rings is 1. The summed E-state index contributed by atoms with van der Waals surface area (Å²) in [5.41, 5.74) is 8.55. The number of hydrogen-bond donors (Lipinski definition) is 1. The van der Waals surface area contributed by atoms with E-state index in [0.29, 0.717) is 0 Å². The highest BCUT2D eigenvalue weighted by Crippen LogP contribution is 2.30. The zero-order valence-corrected chi connectivity index (χ0v) is 9.55. The van der Waals surface area contributed by atoms with Gasteiger partial charge in [0, 0.05) is 12.0 Å². The predicted molar refractivity (Wildman–Crippen MR) is 62.2 cm³/mol. The smallest absolute Gasteiger partial charge is 0.125 e. The fourth-order valence-corrected chi connectivity index (χ4v) is 1.94. The van der Waals surface area contributed by atoms with Gasteiger partial charge in [-0.3, -0.25) is 0 Å². The molecule has 2 rings (SSSR count). The lowest BCUT2D eigenvalue weighted by Crippen LogP contribution is -2.32. The van der Waals surface area contributed by atoms with Gasteiger partial charge in [0.25, 0.3) is 0 Å². The van der Waals surface area contributed by atoms with Crippen LogP contribution in [0.25, 0.3) is 0 Å². The Morgan fingerprint density at radius 1 is 1.40 bits per heavy atom. The summed E-state index contributed by atoms with van der Waals surface area (Å²) in [6.07, 6.45) is 3.05. The van der Waals surface area contributed by atoms with E-state index in [1.807, 2.05) is 0 Å². The van der Waals surface area contributed by atoms with Gasteiger partial charge in [0.2, 0.25) is 0 Å². The summed E-state index contributed by atoms with van der Waals surface area (Å²) in [6.45, 7) is 4.96. The molecule has 0 spiro atoms. The SMILES string of the molecule is CC(C)(N)CCc1cccc2c1OCC2. The van der Waals surface area contributed by atoms with Gasteiger partial charge in [0.05, 0.1) is 6.61 Å². The molecule has 15 heavy (non-hydrogen) atoms. The summed E-state index contributed by atoms with van der Waals surface area (Å²) < 4.78 is 5.65. The van der Waals surface area contributed by atoms with E-state index in [4.69, 9.17) is 10.5 Å². The molecule has 2 heteroatoms. The van der Waals surface area contributed by atoms with Crippen LogP contribution >= 0.6 is 0 Å². The molecule has 0 saturated carbocycles. The largest absolute Gasteiger partial charge is 0.493 e. The van der Waals surface area contributed by atoms with Crippen LogP contribution in [0.1, 0.15) is 31.4 Å². The summed E-state index contributed by atoms with van der Waals surface area (Å²) >= 11 is 0. The Balaban J connectivity index is 2.12. The number of rotatable bonds is 3. The highest BCUT2D eigenvalue weighted by Gasteiger charge is 2.17. The number of hydrogen-bond acceptors (Lipinski definition) is 2. The first-order valence-electron chi connectivity index (χ1n) is 5.59. The summed E-state index contributed by atoms with van der Waals surface area (Å²) in [5.74, 6) is 1.11. The molecule has 0 atom stereocenters. The highest BCUT2D eigenvalue weighted by molar-refractivity contribution is 5.44. The normalized spacial score (nSPS) is 14.9. The lowest BCUT2D eigenvalue weighted by atomic mass is 9.95. The molecule has 82 valence electrons. The molecular formula is C13H19NO. The molecule has 1 aliphatic rings. The Kier molecular flexibility index (Phi) is 2.70. The van der Waals surface area contributed by atoms with Crippen molar-refractivity contribution < 1.29 is 4.74 Å². The van der Waals surface area contributed by atoms with Gasteiger partial charge in [-0.05, 0) is 37.8 Å². The fourth-order valence-electron chi connectivity index (χ4n) is 1.94. The van der Waals surface area contributed by atoms with Crippen LogP contribution in [0.5, 0.6) is 5.75 Å². The lowest BCUT2D eigenvalue weighted by molar-refractivity contribution is 0.351. The van der Waals surface area contributed by atoms with Gasteiger partial charge in [-0.15, -0.1) is 0 Å². The molecule has 1 heterocycles. The van der Waals surface area contributed by atoms with E-state index in [-0.39, 0.29) is 5.54 Å². The van der Waals surface area contributed by atoms with Crippen molar-refractivity contribution in [2.45, 2.75) is 38.6 Å². The molecule has 0 aromatic heterocycles. The molecule has 0 amide bonds. The topological polar surface area (TPSA) is 35.2 Å². The third kappa shape index (κ3) is 2.51. The molecule has 0 bridgehead atoms. The Morgan fingerprint density at radius 3 is 2.93 bits per heavy atom. The van der Waals surface area contributed by atoms with Crippen LogP contribution in [-0.2, 0) is 12.8 Å². The number of ether oxygens (including phenoxy) is 1. The molecule has 0 radical (unpaired) electrons. The van der Waals surface area contributed by atoms with Crippen molar-refractivity contribution in [3.63, 3.8) is 0 Å². The number of fused-ring (bicyclic) bond motifs is 1. The molecule has 1 aromatic rings. The minimum atomic E-state index is -0.0959. The van der Waals surface area contributed by atoms with Gasteiger partial charge in [-0.25, -0.2) is 0 Å². The van der Waals surface area contributed by atoms with E-state index >= 15 is 0 Å². The third-order valence-electron chi connectivity index (χ3n) is 2.83. The van der Waals surface area contributed by atoms with E-state index in [9.17, 15) is 0 Å². The second-order valence-electron chi connectivity index (χ2n) is 4.99. The first kappa shape index (κ1) is 10.5. The predicted octanol–water partition coefficient (Wildman–Crippen LogP) is 2.29. The van der Waals surface area contributed by atoms with Crippen LogP contribution < -0.4 is 10.5 Å². The molecular weight excluding hydrogens is 186 g/mol. The molecule has 1 aliphatic heterocycles. The van der Waals surface area contributed by atoms with Crippen molar-refractivity contribution in [3.05, 3.63) is 29.3 Å². The third-order valence-corrected chi connectivity index (χ3v) is 2.83. The fraction of sp³-hybridized carbons (Fsp3) is 0.538. The minimum Gasteiger partial charge on any atom is -0.493 e. The summed E-state index contributed by atoms with van der Waals surface area (Å²) in [6, 6.07) is 6.42. The molecule has 1 aromatic carbocycles. The van der Waals surface area contributed by atoms with Crippen molar-refractivity contribution in [2.24, 2.45) is 5.73 Å².